The number of nitrogens with two attached hydrogens (primary N) is 1. The number of hydrogen-bond donors (Lipinski definition) is 3. The third-order valence-electron chi connectivity index (χ3n) is 4.80. The lowest BCUT2D eigenvalue weighted by Gasteiger charge is -2.24. The molecule has 4 N–H and O–H groups in total. The number of nitriles is 2. The van der Waals surface area contributed by atoms with E-state index in [9.17, 15) is 10.1 Å². The third-order valence-corrected chi connectivity index (χ3v) is 4.80. The smallest absolute Gasteiger partial charge is 0.253 e. The van der Waals surface area contributed by atoms with Crippen LogP contribution in [0.4, 0.5) is 5.69 Å². The number of rotatable bonds is 9. The van der Waals surface area contributed by atoms with E-state index in [4.69, 9.17) is 20.5 Å². The van der Waals surface area contributed by atoms with Crippen LogP contribution < -0.4 is 25.8 Å². The molecule has 0 bridgehead atoms. The minimum absolute atomic E-state index is 0.0962. The predicted molar refractivity (Wildman–Crippen MR) is 125 cm³/mol. The van der Waals surface area contributed by atoms with Gasteiger partial charge in [0.25, 0.3) is 5.91 Å². The van der Waals surface area contributed by atoms with Crippen molar-refractivity contribution in [3.63, 3.8) is 0 Å². The first-order chi connectivity index (χ1) is 15.8. The number of methoxy groups -OCH3 is 2. The minimum atomic E-state index is -0.338. The van der Waals surface area contributed by atoms with Gasteiger partial charge in [0, 0.05) is 31.9 Å². The van der Waals surface area contributed by atoms with Crippen molar-refractivity contribution in [2.45, 2.75) is 19.5 Å². The molecule has 0 radical (unpaired) electrons. The van der Waals surface area contributed by atoms with E-state index in [0.717, 1.165) is 5.56 Å². The minimum Gasteiger partial charge on any atom is -0.493 e. The fourth-order valence-corrected chi connectivity index (χ4v) is 3.15. The average molecular weight is 450 g/mol. The number of ether oxygens (including phenoxy) is 2. The predicted octanol–water partition coefficient (Wildman–Crippen LogP) is 2.03. The van der Waals surface area contributed by atoms with Crippen molar-refractivity contribution in [2.24, 2.45) is 10.7 Å². The van der Waals surface area contributed by atoms with E-state index in [1.807, 2.05) is 13.0 Å². The summed E-state index contributed by atoms with van der Waals surface area (Å²) in [6.07, 6.45) is 1.65. The molecule has 0 aliphatic heterocycles. The van der Waals surface area contributed by atoms with Crippen molar-refractivity contribution in [2.75, 3.05) is 33.1 Å². The highest BCUT2D eigenvalue weighted by Crippen LogP contribution is 2.27. The zero-order valence-electron chi connectivity index (χ0n) is 19.0. The molecule has 0 aliphatic rings. The number of benzene rings is 2. The van der Waals surface area contributed by atoms with Gasteiger partial charge in [-0.1, -0.05) is 6.07 Å². The number of nitrogens with one attached hydrogen (secondary N) is 2. The summed E-state index contributed by atoms with van der Waals surface area (Å²) < 4.78 is 10.5. The lowest BCUT2D eigenvalue weighted by molar-refractivity contribution is 0.0951. The van der Waals surface area contributed by atoms with Crippen LogP contribution in [-0.2, 0) is 6.54 Å². The maximum Gasteiger partial charge on any atom is 0.253 e. The van der Waals surface area contributed by atoms with Crippen LogP contribution in [0, 0.1) is 22.8 Å². The molecule has 33 heavy (non-hydrogen) atoms. The summed E-state index contributed by atoms with van der Waals surface area (Å²) in [5, 5.41) is 24.1. The molecule has 0 spiro atoms. The fraction of sp³-hybridized carbons (Fsp3) is 0.304. The van der Waals surface area contributed by atoms with E-state index in [0.29, 0.717) is 34.9 Å². The summed E-state index contributed by atoms with van der Waals surface area (Å²) in [6.45, 7) is 2.60. The number of nitrogens with zero attached hydrogens (tertiary/aromatic N) is 4. The van der Waals surface area contributed by atoms with Gasteiger partial charge in [0.05, 0.1) is 31.4 Å². The van der Waals surface area contributed by atoms with Gasteiger partial charge in [-0.25, -0.2) is 0 Å². The highest BCUT2D eigenvalue weighted by molar-refractivity contribution is 6.00. The first kappa shape index (κ1) is 24.8. The largest absolute Gasteiger partial charge is 0.493 e. The van der Waals surface area contributed by atoms with E-state index < -0.39 is 0 Å². The van der Waals surface area contributed by atoms with Gasteiger partial charge < -0.3 is 30.7 Å². The van der Waals surface area contributed by atoms with Gasteiger partial charge >= 0.3 is 0 Å². The molecule has 0 heterocycles. The van der Waals surface area contributed by atoms with Gasteiger partial charge in [0.1, 0.15) is 0 Å². The molecule has 2 aromatic carbocycles. The second-order valence-electron chi connectivity index (χ2n) is 7.24. The molecule has 1 atom stereocenters. The Hall–Kier alpha value is -4.44. The second-order valence-corrected chi connectivity index (χ2v) is 7.24. The summed E-state index contributed by atoms with van der Waals surface area (Å²) in [5.41, 5.74) is 7.82. The lowest BCUT2D eigenvalue weighted by Crippen LogP contribution is -2.40. The Labute approximate surface area is 193 Å². The molecule has 2 aromatic rings. The maximum atomic E-state index is 13.0. The van der Waals surface area contributed by atoms with Crippen LogP contribution >= 0.6 is 0 Å². The van der Waals surface area contributed by atoms with Gasteiger partial charge in [-0.2, -0.15) is 10.5 Å². The number of guanidine groups is 1. The standard InChI is InChI=1S/C23H27N7O3/c1-15(13-30(2)23(26)28-14-25)29-19-7-5-16(11-24)9-18(19)22(31)27-12-17-6-8-20(32-3)21(10-17)33-4/h5-10,15,29H,12-13H2,1-4H3,(H2,26,28)(H,27,31). The Morgan fingerprint density at radius 1 is 1.18 bits per heavy atom. The van der Waals surface area contributed by atoms with E-state index in [2.05, 4.69) is 21.7 Å². The molecule has 1 unspecified atom stereocenters. The zero-order chi connectivity index (χ0) is 24.4. The van der Waals surface area contributed by atoms with Crippen LogP contribution in [-0.4, -0.2) is 50.6 Å². The number of carbonyl (C=O) groups excluding carboxylic acids is 1. The molecule has 0 saturated carbocycles. The van der Waals surface area contributed by atoms with Crippen molar-refractivity contribution in [3.8, 4) is 23.8 Å². The van der Waals surface area contributed by atoms with Gasteiger partial charge in [-0.15, -0.1) is 4.99 Å². The number of anilines is 1. The zero-order valence-corrected chi connectivity index (χ0v) is 19.0. The van der Waals surface area contributed by atoms with Crippen molar-refractivity contribution >= 4 is 17.6 Å². The normalized spacial score (nSPS) is 11.5. The molecule has 0 fully saturated rings. The number of carbonyl (C=O) groups is 1. The van der Waals surface area contributed by atoms with Crippen molar-refractivity contribution in [3.05, 3.63) is 53.1 Å². The molecule has 172 valence electrons. The molecule has 2 rings (SSSR count). The average Bonchev–Trinajstić information content (AvgIpc) is 2.82. The summed E-state index contributed by atoms with van der Waals surface area (Å²) in [4.78, 5) is 18.1. The molecular weight excluding hydrogens is 422 g/mol. The van der Waals surface area contributed by atoms with Crippen LogP contribution in [0.3, 0.4) is 0 Å². The SMILES string of the molecule is COc1ccc(CNC(=O)c2cc(C#N)ccc2NC(C)CN(C)C(N)=NC#N)cc1OC. The Morgan fingerprint density at radius 2 is 1.91 bits per heavy atom. The monoisotopic (exact) mass is 449 g/mol. The summed E-state index contributed by atoms with van der Waals surface area (Å²) >= 11 is 0. The Kier molecular flexibility index (Phi) is 8.89. The highest BCUT2D eigenvalue weighted by atomic mass is 16.5. The third kappa shape index (κ3) is 6.77. The van der Waals surface area contributed by atoms with Crippen LogP contribution in [0.2, 0.25) is 0 Å². The first-order valence-corrected chi connectivity index (χ1v) is 10.1. The van der Waals surface area contributed by atoms with Crippen molar-refractivity contribution in [1.82, 2.24) is 10.2 Å². The van der Waals surface area contributed by atoms with Crippen LogP contribution in [0.25, 0.3) is 0 Å². The Morgan fingerprint density at radius 3 is 2.55 bits per heavy atom. The maximum absolute atomic E-state index is 13.0. The molecule has 1 amide bonds. The Balaban J connectivity index is 2.16. The summed E-state index contributed by atoms with van der Waals surface area (Å²) in [7, 11) is 4.81. The fourth-order valence-electron chi connectivity index (χ4n) is 3.15. The van der Waals surface area contributed by atoms with E-state index >= 15 is 0 Å². The molecule has 0 aliphatic carbocycles. The first-order valence-electron chi connectivity index (χ1n) is 10.1. The van der Waals surface area contributed by atoms with Gasteiger partial charge in [0.2, 0.25) is 12.2 Å². The number of aliphatic imine (C=N–C) groups is 1. The topological polar surface area (TPSA) is 149 Å². The van der Waals surface area contributed by atoms with Crippen molar-refractivity contribution < 1.29 is 14.3 Å². The van der Waals surface area contributed by atoms with E-state index in [-0.39, 0.29) is 24.5 Å². The van der Waals surface area contributed by atoms with Crippen LogP contribution in [0.1, 0.15) is 28.4 Å². The van der Waals surface area contributed by atoms with Gasteiger partial charge in [-0.3, -0.25) is 4.79 Å². The number of amides is 1. The van der Waals surface area contributed by atoms with Gasteiger partial charge in [0.15, 0.2) is 11.5 Å². The molecule has 0 saturated heterocycles. The van der Waals surface area contributed by atoms with Crippen molar-refractivity contribution in [1.29, 1.82) is 10.5 Å². The second kappa shape index (κ2) is 11.8. The Bertz CT molecular complexity index is 1100. The summed E-state index contributed by atoms with van der Waals surface area (Å²) in [5.74, 6) is 0.921. The number of hydrogen-bond acceptors (Lipinski definition) is 7. The van der Waals surface area contributed by atoms with Gasteiger partial charge in [-0.05, 0) is 42.8 Å². The van der Waals surface area contributed by atoms with E-state index in [1.165, 1.54) is 6.07 Å². The quantitative estimate of drug-likeness (QED) is 0.299. The van der Waals surface area contributed by atoms with Crippen LogP contribution in [0.5, 0.6) is 11.5 Å². The molecule has 10 nitrogen and oxygen atoms in total. The molecule has 0 aromatic heterocycles. The number of likely N-dealkylation sites (N-methyl/N-ethyl adjacent to an activating group) is 1. The molecule has 10 heteroatoms. The highest BCUT2D eigenvalue weighted by Gasteiger charge is 2.16. The van der Waals surface area contributed by atoms with E-state index in [1.54, 1.807) is 56.6 Å². The lowest BCUT2D eigenvalue weighted by atomic mass is 10.1. The molecular formula is C23H27N7O3. The summed E-state index contributed by atoms with van der Waals surface area (Å²) in [6, 6.07) is 12.2. The van der Waals surface area contributed by atoms with Crippen LogP contribution in [0.15, 0.2) is 41.4 Å².